The standard InChI is InChI=1S/C28H25F3N2O5/c1-3-36-26(34)24-23(17-37-21-13-8-10-19(16-21)28(29,30)31)33(2)27(35)32-25(24)18-9-7-14-22(15-18)38-20-11-5-4-6-12-20/h4-16,25H,3,17H2,1-2H3,(H,32,35). The number of alkyl halides is 3. The Labute approximate surface area is 217 Å². The Morgan fingerprint density at radius 2 is 1.63 bits per heavy atom. The molecule has 2 amide bonds. The largest absolute Gasteiger partial charge is 0.487 e. The molecule has 0 spiro atoms. The van der Waals surface area contributed by atoms with Gasteiger partial charge in [0.15, 0.2) is 0 Å². The van der Waals surface area contributed by atoms with Crippen LogP contribution < -0.4 is 14.8 Å². The maximum Gasteiger partial charge on any atom is 0.416 e. The zero-order valence-corrected chi connectivity index (χ0v) is 20.6. The van der Waals surface area contributed by atoms with Gasteiger partial charge in [-0.3, -0.25) is 4.90 Å². The van der Waals surface area contributed by atoms with Gasteiger partial charge in [-0.15, -0.1) is 0 Å². The number of hydrogen-bond acceptors (Lipinski definition) is 5. The highest BCUT2D eigenvalue weighted by Crippen LogP contribution is 2.35. The first kappa shape index (κ1) is 26.6. The van der Waals surface area contributed by atoms with E-state index in [-0.39, 0.29) is 30.2 Å². The SMILES string of the molecule is CCOC(=O)C1=C(COc2cccc(C(F)(F)F)c2)N(C)C(=O)NC1c1cccc(Oc2ccccc2)c1. The summed E-state index contributed by atoms with van der Waals surface area (Å²) in [7, 11) is 1.44. The third kappa shape index (κ3) is 6.08. The van der Waals surface area contributed by atoms with Crippen molar-refractivity contribution in [2.75, 3.05) is 20.3 Å². The van der Waals surface area contributed by atoms with Crippen LogP contribution >= 0.6 is 0 Å². The molecular weight excluding hydrogens is 501 g/mol. The van der Waals surface area contributed by atoms with Gasteiger partial charge >= 0.3 is 18.2 Å². The van der Waals surface area contributed by atoms with Gasteiger partial charge in [0.1, 0.15) is 23.9 Å². The molecule has 7 nitrogen and oxygen atoms in total. The molecule has 4 rings (SSSR count). The summed E-state index contributed by atoms with van der Waals surface area (Å²) < 4.78 is 56.2. The van der Waals surface area contributed by atoms with Crippen LogP contribution in [0.2, 0.25) is 0 Å². The predicted octanol–water partition coefficient (Wildman–Crippen LogP) is 6.09. The van der Waals surface area contributed by atoms with Crippen molar-refractivity contribution in [3.05, 3.63) is 101 Å². The predicted molar refractivity (Wildman–Crippen MR) is 133 cm³/mol. The zero-order valence-electron chi connectivity index (χ0n) is 20.6. The highest BCUT2D eigenvalue weighted by molar-refractivity contribution is 5.95. The number of benzene rings is 3. The molecule has 3 aromatic rings. The fourth-order valence-corrected chi connectivity index (χ4v) is 3.93. The lowest BCUT2D eigenvalue weighted by Gasteiger charge is -2.34. The summed E-state index contributed by atoms with van der Waals surface area (Å²) in [5.74, 6) is 0.325. The van der Waals surface area contributed by atoms with E-state index < -0.39 is 29.8 Å². The van der Waals surface area contributed by atoms with Gasteiger partial charge in [-0.05, 0) is 55.0 Å². The molecule has 0 saturated carbocycles. The number of likely N-dealkylation sites (N-methyl/N-ethyl adjacent to an activating group) is 1. The summed E-state index contributed by atoms with van der Waals surface area (Å²) in [6.07, 6.45) is -4.55. The van der Waals surface area contributed by atoms with Gasteiger partial charge < -0.3 is 19.5 Å². The van der Waals surface area contributed by atoms with Gasteiger partial charge in [-0.1, -0.05) is 36.4 Å². The first-order valence-corrected chi connectivity index (χ1v) is 11.7. The number of amides is 2. The monoisotopic (exact) mass is 526 g/mol. The fraction of sp³-hybridized carbons (Fsp3) is 0.214. The second-order valence-electron chi connectivity index (χ2n) is 8.32. The van der Waals surface area contributed by atoms with Crippen molar-refractivity contribution in [2.24, 2.45) is 0 Å². The van der Waals surface area contributed by atoms with Gasteiger partial charge in [0, 0.05) is 7.05 Å². The Hall–Kier alpha value is -4.47. The second kappa shape index (κ2) is 11.3. The van der Waals surface area contributed by atoms with Gasteiger partial charge in [0.05, 0.1) is 29.5 Å². The number of nitrogens with zero attached hydrogens (tertiary/aromatic N) is 1. The molecule has 1 aliphatic heterocycles. The van der Waals surface area contributed by atoms with Crippen LogP contribution in [0, 0.1) is 0 Å². The van der Waals surface area contributed by atoms with Crippen LogP contribution in [0.25, 0.3) is 0 Å². The molecule has 1 unspecified atom stereocenters. The Morgan fingerprint density at radius 3 is 2.34 bits per heavy atom. The van der Waals surface area contributed by atoms with Crippen molar-refractivity contribution < 1.29 is 37.0 Å². The van der Waals surface area contributed by atoms with Crippen LogP contribution in [0.5, 0.6) is 17.2 Å². The lowest BCUT2D eigenvalue weighted by Crippen LogP contribution is -2.48. The van der Waals surface area contributed by atoms with Crippen molar-refractivity contribution in [1.29, 1.82) is 0 Å². The molecule has 1 heterocycles. The van der Waals surface area contributed by atoms with Crippen LogP contribution in [-0.4, -0.2) is 37.2 Å². The zero-order chi connectivity index (χ0) is 27.3. The van der Waals surface area contributed by atoms with Crippen LogP contribution in [0.3, 0.4) is 0 Å². The summed E-state index contributed by atoms with van der Waals surface area (Å²) in [6, 6.07) is 18.9. The number of hydrogen-bond donors (Lipinski definition) is 1. The van der Waals surface area contributed by atoms with Crippen LogP contribution in [0.4, 0.5) is 18.0 Å². The highest BCUT2D eigenvalue weighted by Gasteiger charge is 2.37. The molecule has 1 aliphatic rings. The Balaban J connectivity index is 1.70. The van der Waals surface area contributed by atoms with Crippen LogP contribution in [0.1, 0.15) is 24.1 Å². The topological polar surface area (TPSA) is 77.1 Å². The van der Waals surface area contributed by atoms with Crippen LogP contribution in [-0.2, 0) is 15.7 Å². The molecule has 0 bridgehead atoms. The van der Waals surface area contributed by atoms with Crippen molar-refractivity contribution in [2.45, 2.75) is 19.1 Å². The van der Waals surface area contributed by atoms with Gasteiger partial charge in [0.25, 0.3) is 0 Å². The third-order valence-corrected chi connectivity index (χ3v) is 5.78. The van der Waals surface area contributed by atoms with Crippen molar-refractivity contribution >= 4 is 12.0 Å². The highest BCUT2D eigenvalue weighted by atomic mass is 19.4. The molecule has 0 aromatic heterocycles. The molecule has 3 aromatic carbocycles. The molecule has 1 atom stereocenters. The average Bonchev–Trinajstić information content (AvgIpc) is 2.89. The minimum absolute atomic E-state index is 0.0651. The van der Waals surface area contributed by atoms with Gasteiger partial charge in [-0.2, -0.15) is 13.2 Å². The lowest BCUT2D eigenvalue weighted by atomic mass is 9.94. The van der Waals surface area contributed by atoms with Gasteiger partial charge in [-0.25, -0.2) is 9.59 Å². The smallest absolute Gasteiger partial charge is 0.416 e. The fourth-order valence-electron chi connectivity index (χ4n) is 3.93. The van der Waals surface area contributed by atoms with E-state index in [1.54, 1.807) is 43.3 Å². The number of nitrogens with one attached hydrogen (secondary N) is 1. The van der Waals surface area contributed by atoms with E-state index in [1.165, 1.54) is 24.1 Å². The summed E-state index contributed by atoms with van der Waals surface area (Å²) in [4.78, 5) is 27.2. The Bertz CT molecular complexity index is 1340. The molecule has 0 fully saturated rings. The number of rotatable bonds is 8. The number of esters is 1. The van der Waals surface area contributed by atoms with E-state index in [0.29, 0.717) is 17.1 Å². The van der Waals surface area contributed by atoms with E-state index in [9.17, 15) is 22.8 Å². The third-order valence-electron chi connectivity index (χ3n) is 5.78. The number of urea groups is 1. The van der Waals surface area contributed by atoms with E-state index >= 15 is 0 Å². The normalized spacial score (nSPS) is 15.7. The molecule has 0 radical (unpaired) electrons. The number of halogens is 3. The summed E-state index contributed by atoms with van der Waals surface area (Å²) in [5.41, 5.74) is -0.0845. The van der Waals surface area contributed by atoms with E-state index in [4.69, 9.17) is 14.2 Å². The van der Waals surface area contributed by atoms with Crippen molar-refractivity contribution in [3.8, 4) is 17.2 Å². The number of carbonyl (C=O) groups excluding carboxylic acids is 2. The first-order chi connectivity index (χ1) is 18.2. The minimum atomic E-state index is -4.55. The van der Waals surface area contributed by atoms with E-state index in [1.807, 2.05) is 18.2 Å². The second-order valence-corrected chi connectivity index (χ2v) is 8.32. The summed E-state index contributed by atoms with van der Waals surface area (Å²) in [6.45, 7) is 1.37. The van der Waals surface area contributed by atoms with Crippen LogP contribution in [0.15, 0.2) is 90.1 Å². The quantitative estimate of drug-likeness (QED) is 0.360. The number of ether oxygens (including phenoxy) is 3. The van der Waals surface area contributed by atoms with Crippen molar-refractivity contribution in [3.63, 3.8) is 0 Å². The van der Waals surface area contributed by atoms with E-state index in [0.717, 1.165) is 12.1 Å². The molecule has 0 saturated heterocycles. The Morgan fingerprint density at radius 1 is 0.947 bits per heavy atom. The first-order valence-electron chi connectivity index (χ1n) is 11.7. The molecule has 198 valence electrons. The maximum atomic E-state index is 13.1. The molecule has 10 heteroatoms. The number of para-hydroxylation sites is 1. The van der Waals surface area contributed by atoms with Gasteiger partial charge in [0.2, 0.25) is 0 Å². The summed E-state index contributed by atoms with van der Waals surface area (Å²) in [5, 5.41) is 2.79. The molecule has 0 aliphatic carbocycles. The molecular formula is C28H25F3N2O5. The van der Waals surface area contributed by atoms with E-state index in [2.05, 4.69) is 5.32 Å². The maximum absolute atomic E-state index is 13.1. The number of carbonyl (C=O) groups is 2. The Kier molecular flexibility index (Phi) is 7.90. The molecule has 38 heavy (non-hydrogen) atoms. The molecule has 1 N–H and O–H groups in total. The average molecular weight is 527 g/mol. The van der Waals surface area contributed by atoms with Crippen molar-refractivity contribution in [1.82, 2.24) is 10.2 Å². The minimum Gasteiger partial charge on any atom is -0.487 e. The summed E-state index contributed by atoms with van der Waals surface area (Å²) >= 11 is 0. The lowest BCUT2D eigenvalue weighted by molar-refractivity contribution is -0.139.